The maximum atomic E-state index is 11.8. The fraction of sp³-hybridized carbons (Fsp3) is 0.875. The number of hydrogen-bond donors (Lipinski definition) is 3. The van der Waals surface area contributed by atoms with Gasteiger partial charge in [-0.1, -0.05) is 0 Å². The van der Waals surface area contributed by atoms with E-state index in [4.69, 9.17) is 0 Å². The summed E-state index contributed by atoms with van der Waals surface area (Å²) in [4.78, 5) is 11.0. The normalized spacial score (nSPS) is 13.2. The first-order chi connectivity index (χ1) is 7.81. The molecule has 0 atom stereocenters. The van der Waals surface area contributed by atoms with Crippen LogP contribution in [0.4, 0.5) is 18.0 Å². The Labute approximate surface area is 103 Å². The van der Waals surface area contributed by atoms with Crippen molar-refractivity contribution in [2.45, 2.75) is 25.6 Å². The molecule has 108 valence electrons. The van der Waals surface area contributed by atoms with E-state index in [0.717, 1.165) is 6.26 Å². The van der Waals surface area contributed by atoms with E-state index in [1.165, 1.54) is 13.8 Å². The number of rotatable bonds is 5. The van der Waals surface area contributed by atoms with Crippen molar-refractivity contribution in [1.82, 2.24) is 15.4 Å². The summed E-state index contributed by atoms with van der Waals surface area (Å²) >= 11 is 0. The summed E-state index contributed by atoms with van der Waals surface area (Å²) < 4.78 is 59.5. The largest absolute Gasteiger partial charge is 0.405 e. The third-order valence-electron chi connectivity index (χ3n) is 1.60. The molecule has 0 radical (unpaired) electrons. The highest BCUT2D eigenvalue weighted by Gasteiger charge is 2.28. The minimum Gasteiger partial charge on any atom is -0.336 e. The van der Waals surface area contributed by atoms with Crippen molar-refractivity contribution < 1.29 is 26.4 Å². The molecule has 18 heavy (non-hydrogen) atoms. The Hall–Kier alpha value is -1.03. The van der Waals surface area contributed by atoms with Crippen LogP contribution in [0.25, 0.3) is 0 Å². The Bertz CT molecular complexity index is 392. The van der Waals surface area contributed by atoms with Gasteiger partial charge in [0.25, 0.3) is 0 Å². The molecule has 0 rings (SSSR count). The number of nitrogens with one attached hydrogen (secondary N) is 3. The summed E-state index contributed by atoms with van der Waals surface area (Å²) in [6.07, 6.45) is -3.55. The number of carbonyl (C=O) groups excluding carboxylic acids is 1. The lowest BCUT2D eigenvalue weighted by Crippen LogP contribution is -2.53. The van der Waals surface area contributed by atoms with Gasteiger partial charge in [0.15, 0.2) is 0 Å². The standard InChI is InChI=1S/C8H16F3N3O3S/c1-7(2,14-18(3,16)17)4-12-6(15)13-5-8(9,10)11/h14H,4-5H2,1-3H3,(H2,12,13,15). The number of amides is 2. The van der Waals surface area contributed by atoms with Gasteiger partial charge in [0.2, 0.25) is 10.0 Å². The molecule has 0 aliphatic heterocycles. The molecule has 0 heterocycles. The van der Waals surface area contributed by atoms with Crippen molar-refractivity contribution in [2.75, 3.05) is 19.3 Å². The molecule has 0 unspecified atom stereocenters. The van der Waals surface area contributed by atoms with Crippen LogP contribution in [0.3, 0.4) is 0 Å². The van der Waals surface area contributed by atoms with Crippen LogP contribution in [0.2, 0.25) is 0 Å². The second-order valence-corrected chi connectivity index (χ2v) is 6.16. The molecule has 0 aromatic rings. The average molecular weight is 291 g/mol. The summed E-state index contributed by atoms with van der Waals surface area (Å²) in [5.41, 5.74) is -0.997. The van der Waals surface area contributed by atoms with Gasteiger partial charge in [-0.25, -0.2) is 17.9 Å². The molecule has 0 aromatic carbocycles. The number of halogens is 3. The molecule has 0 saturated carbocycles. The second kappa shape index (κ2) is 5.74. The lowest BCUT2D eigenvalue weighted by Gasteiger charge is -2.25. The SMILES string of the molecule is CC(C)(CNC(=O)NCC(F)(F)F)NS(C)(=O)=O. The Balaban J connectivity index is 4.13. The number of urea groups is 1. The van der Waals surface area contributed by atoms with Crippen LogP contribution in [0, 0.1) is 0 Å². The Morgan fingerprint density at radius 3 is 1.94 bits per heavy atom. The van der Waals surface area contributed by atoms with E-state index in [9.17, 15) is 26.4 Å². The summed E-state index contributed by atoms with van der Waals surface area (Å²) in [7, 11) is -3.47. The smallest absolute Gasteiger partial charge is 0.336 e. The molecular weight excluding hydrogens is 275 g/mol. The van der Waals surface area contributed by atoms with Gasteiger partial charge in [0.05, 0.1) is 6.26 Å². The van der Waals surface area contributed by atoms with Crippen LogP contribution in [-0.2, 0) is 10.0 Å². The monoisotopic (exact) mass is 291 g/mol. The average Bonchev–Trinajstić information content (AvgIpc) is 2.06. The van der Waals surface area contributed by atoms with Crippen molar-refractivity contribution >= 4 is 16.1 Å². The molecule has 0 aliphatic carbocycles. The fourth-order valence-corrected chi connectivity index (χ4v) is 2.16. The summed E-state index contributed by atoms with van der Waals surface area (Å²) in [6, 6.07) is -1.02. The van der Waals surface area contributed by atoms with Crippen molar-refractivity contribution in [3.63, 3.8) is 0 Å². The number of sulfonamides is 1. The summed E-state index contributed by atoms with van der Waals surface area (Å²) in [5.74, 6) is 0. The predicted molar refractivity (Wildman–Crippen MR) is 59.5 cm³/mol. The van der Waals surface area contributed by atoms with Gasteiger partial charge in [-0.3, -0.25) is 0 Å². The molecule has 0 spiro atoms. The van der Waals surface area contributed by atoms with Crippen LogP contribution < -0.4 is 15.4 Å². The molecule has 10 heteroatoms. The van der Waals surface area contributed by atoms with E-state index >= 15 is 0 Å². The fourth-order valence-electron chi connectivity index (χ4n) is 1.08. The Kier molecular flexibility index (Phi) is 5.41. The van der Waals surface area contributed by atoms with Gasteiger partial charge in [-0.05, 0) is 13.8 Å². The highest BCUT2D eigenvalue weighted by Crippen LogP contribution is 2.11. The highest BCUT2D eigenvalue weighted by atomic mass is 32.2. The van der Waals surface area contributed by atoms with Crippen LogP contribution in [0.5, 0.6) is 0 Å². The van der Waals surface area contributed by atoms with Gasteiger partial charge in [-0.2, -0.15) is 13.2 Å². The molecule has 3 N–H and O–H groups in total. The molecule has 0 bridgehead atoms. The first-order valence-electron chi connectivity index (χ1n) is 4.88. The summed E-state index contributed by atoms with van der Waals surface area (Å²) in [6.45, 7) is 1.37. The zero-order chi connectivity index (χ0) is 14.6. The summed E-state index contributed by atoms with van der Waals surface area (Å²) in [5, 5.41) is 3.75. The topological polar surface area (TPSA) is 87.3 Å². The first-order valence-corrected chi connectivity index (χ1v) is 6.77. The highest BCUT2D eigenvalue weighted by molar-refractivity contribution is 7.88. The van der Waals surface area contributed by atoms with Gasteiger partial charge >= 0.3 is 12.2 Å². The van der Waals surface area contributed by atoms with Crippen LogP contribution >= 0.6 is 0 Å². The quantitative estimate of drug-likeness (QED) is 0.675. The van der Waals surface area contributed by atoms with Crippen molar-refractivity contribution in [1.29, 1.82) is 0 Å². The third-order valence-corrected chi connectivity index (χ3v) is 2.53. The van der Waals surface area contributed by atoms with Gasteiger partial charge in [0.1, 0.15) is 6.54 Å². The van der Waals surface area contributed by atoms with E-state index in [1.54, 1.807) is 5.32 Å². The minimum atomic E-state index is -4.49. The van der Waals surface area contributed by atoms with E-state index in [-0.39, 0.29) is 6.54 Å². The second-order valence-electron chi connectivity index (χ2n) is 4.41. The van der Waals surface area contributed by atoms with E-state index < -0.39 is 34.3 Å². The Morgan fingerprint density at radius 1 is 1.11 bits per heavy atom. The molecule has 6 nitrogen and oxygen atoms in total. The van der Waals surface area contributed by atoms with Crippen LogP contribution in [0.15, 0.2) is 0 Å². The number of carbonyl (C=O) groups is 1. The lowest BCUT2D eigenvalue weighted by atomic mass is 10.1. The number of alkyl halides is 3. The van der Waals surface area contributed by atoms with Crippen LogP contribution in [-0.4, -0.2) is 45.5 Å². The zero-order valence-electron chi connectivity index (χ0n) is 10.2. The first kappa shape index (κ1) is 17.0. The molecule has 0 fully saturated rings. The van der Waals surface area contributed by atoms with Gasteiger partial charge in [0, 0.05) is 12.1 Å². The Morgan fingerprint density at radius 2 is 1.56 bits per heavy atom. The molecule has 0 saturated heterocycles. The molecular formula is C8H16F3N3O3S. The third kappa shape index (κ3) is 10.1. The molecule has 0 aromatic heterocycles. The van der Waals surface area contributed by atoms with Crippen LogP contribution in [0.1, 0.15) is 13.8 Å². The van der Waals surface area contributed by atoms with Gasteiger partial charge < -0.3 is 10.6 Å². The predicted octanol–water partition coefficient (Wildman–Crippen LogP) is 0.176. The van der Waals surface area contributed by atoms with Crippen molar-refractivity contribution in [3.05, 3.63) is 0 Å². The molecule has 0 aliphatic rings. The zero-order valence-corrected chi connectivity index (χ0v) is 11.0. The van der Waals surface area contributed by atoms with Crippen molar-refractivity contribution in [3.8, 4) is 0 Å². The van der Waals surface area contributed by atoms with E-state index in [2.05, 4.69) is 10.0 Å². The van der Waals surface area contributed by atoms with E-state index in [1.807, 2.05) is 0 Å². The lowest BCUT2D eigenvalue weighted by molar-refractivity contribution is -0.122. The number of hydrogen-bond acceptors (Lipinski definition) is 3. The molecule has 2 amide bonds. The van der Waals surface area contributed by atoms with Crippen molar-refractivity contribution in [2.24, 2.45) is 0 Å². The maximum absolute atomic E-state index is 11.8. The van der Waals surface area contributed by atoms with Gasteiger partial charge in [-0.15, -0.1) is 0 Å². The maximum Gasteiger partial charge on any atom is 0.405 e. The minimum absolute atomic E-state index is 0.149. The van der Waals surface area contributed by atoms with E-state index in [0.29, 0.717) is 0 Å².